The van der Waals surface area contributed by atoms with Crippen molar-refractivity contribution in [2.45, 2.75) is 12.6 Å². The fourth-order valence-electron chi connectivity index (χ4n) is 3.40. The van der Waals surface area contributed by atoms with Gasteiger partial charge < -0.3 is 24.2 Å². The highest BCUT2D eigenvalue weighted by Gasteiger charge is 2.32. The maximum absolute atomic E-state index is 13.1. The van der Waals surface area contributed by atoms with E-state index in [1.165, 1.54) is 0 Å². The van der Waals surface area contributed by atoms with E-state index in [9.17, 15) is 9.59 Å². The second kappa shape index (κ2) is 9.44. The minimum Gasteiger partial charge on any atom is -0.497 e. The molecule has 2 heterocycles. The summed E-state index contributed by atoms with van der Waals surface area (Å²) in [6.45, 7) is 1.49. The number of ether oxygens (including phenoxy) is 2. The van der Waals surface area contributed by atoms with Crippen LogP contribution in [-0.2, 0) is 11.3 Å². The summed E-state index contributed by atoms with van der Waals surface area (Å²) in [6, 6.07) is 17.6. The van der Waals surface area contributed by atoms with Gasteiger partial charge in [0.05, 0.1) is 20.3 Å². The second-order valence-electron chi connectivity index (χ2n) is 7.10. The number of methoxy groups -OCH3 is 1. The molecule has 1 aliphatic heterocycles. The Morgan fingerprint density at radius 2 is 1.94 bits per heavy atom. The number of nitrogens with one attached hydrogen (secondary N) is 1. The van der Waals surface area contributed by atoms with E-state index in [4.69, 9.17) is 14.0 Å². The lowest BCUT2D eigenvalue weighted by molar-refractivity contribution is -0.0103. The van der Waals surface area contributed by atoms with Crippen molar-refractivity contribution in [3.05, 3.63) is 83.2 Å². The third-order valence-electron chi connectivity index (χ3n) is 5.11. The van der Waals surface area contributed by atoms with Crippen LogP contribution in [0.1, 0.15) is 38.2 Å². The van der Waals surface area contributed by atoms with Crippen molar-refractivity contribution in [2.75, 3.05) is 26.9 Å². The van der Waals surface area contributed by atoms with E-state index in [-0.39, 0.29) is 24.1 Å². The van der Waals surface area contributed by atoms with E-state index in [2.05, 4.69) is 10.5 Å². The van der Waals surface area contributed by atoms with Crippen molar-refractivity contribution in [1.29, 1.82) is 0 Å². The fourth-order valence-corrected chi connectivity index (χ4v) is 3.40. The molecular formula is C23H23N3O5. The lowest BCUT2D eigenvalue weighted by Crippen LogP contribution is -2.43. The predicted octanol–water partition coefficient (Wildman–Crippen LogP) is 2.83. The highest BCUT2D eigenvalue weighted by Crippen LogP contribution is 2.27. The van der Waals surface area contributed by atoms with Gasteiger partial charge in [0, 0.05) is 24.7 Å². The van der Waals surface area contributed by atoms with Crippen molar-refractivity contribution < 1.29 is 23.6 Å². The maximum Gasteiger partial charge on any atom is 0.273 e. The van der Waals surface area contributed by atoms with Crippen LogP contribution in [-0.4, -0.2) is 48.7 Å². The Hall–Kier alpha value is -3.65. The van der Waals surface area contributed by atoms with Gasteiger partial charge in [-0.3, -0.25) is 9.59 Å². The lowest BCUT2D eigenvalue weighted by Gasteiger charge is -2.34. The molecule has 0 spiro atoms. The average Bonchev–Trinajstić information content (AvgIpc) is 3.33. The number of carbonyl (C=O) groups excluding carboxylic acids is 2. The molecule has 1 atom stereocenters. The Kier molecular flexibility index (Phi) is 6.28. The topological polar surface area (TPSA) is 93.9 Å². The molecule has 0 bridgehead atoms. The molecule has 1 fully saturated rings. The van der Waals surface area contributed by atoms with Gasteiger partial charge in [-0.1, -0.05) is 35.5 Å². The number of hydrogen-bond donors (Lipinski definition) is 1. The van der Waals surface area contributed by atoms with E-state index >= 15 is 0 Å². The van der Waals surface area contributed by atoms with Gasteiger partial charge in [-0.05, 0) is 29.8 Å². The summed E-state index contributed by atoms with van der Waals surface area (Å²) in [5, 5.41) is 6.71. The molecule has 1 aliphatic rings. The third-order valence-corrected chi connectivity index (χ3v) is 5.11. The van der Waals surface area contributed by atoms with Crippen molar-refractivity contribution in [2.24, 2.45) is 0 Å². The van der Waals surface area contributed by atoms with Crippen LogP contribution in [0.5, 0.6) is 5.75 Å². The molecule has 1 saturated heterocycles. The first-order valence-corrected chi connectivity index (χ1v) is 9.97. The highest BCUT2D eigenvalue weighted by atomic mass is 16.5. The first-order chi connectivity index (χ1) is 15.2. The summed E-state index contributed by atoms with van der Waals surface area (Å²) in [5.41, 5.74) is 1.68. The van der Waals surface area contributed by atoms with Crippen LogP contribution in [0.15, 0.2) is 65.2 Å². The summed E-state index contributed by atoms with van der Waals surface area (Å²) in [5.74, 6) is 0.592. The summed E-state index contributed by atoms with van der Waals surface area (Å²) < 4.78 is 16.1. The molecule has 8 heteroatoms. The smallest absolute Gasteiger partial charge is 0.273 e. The molecule has 1 unspecified atom stereocenters. The molecule has 2 aromatic carbocycles. The molecule has 0 saturated carbocycles. The van der Waals surface area contributed by atoms with Crippen molar-refractivity contribution in [3.8, 4) is 5.75 Å². The van der Waals surface area contributed by atoms with Crippen LogP contribution in [0.25, 0.3) is 0 Å². The number of aromatic nitrogens is 1. The number of rotatable bonds is 6. The van der Waals surface area contributed by atoms with Crippen molar-refractivity contribution >= 4 is 11.8 Å². The van der Waals surface area contributed by atoms with E-state index < -0.39 is 6.04 Å². The van der Waals surface area contributed by atoms with Gasteiger partial charge in [0.15, 0.2) is 11.5 Å². The van der Waals surface area contributed by atoms with E-state index in [1.54, 1.807) is 42.3 Å². The number of carbonyl (C=O) groups is 2. The van der Waals surface area contributed by atoms with Crippen LogP contribution in [0.3, 0.4) is 0 Å². The van der Waals surface area contributed by atoms with Crippen LogP contribution >= 0.6 is 0 Å². The molecule has 0 radical (unpaired) electrons. The largest absolute Gasteiger partial charge is 0.497 e. The number of amides is 2. The minimum atomic E-state index is -0.466. The van der Waals surface area contributed by atoms with E-state index in [1.807, 2.05) is 30.3 Å². The molecule has 8 nitrogen and oxygen atoms in total. The van der Waals surface area contributed by atoms with Gasteiger partial charge in [0.2, 0.25) is 0 Å². The highest BCUT2D eigenvalue weighted by molar-refractivity contribution is 5.95. The van der Waals surface area contributed by atoms with Crippen molar-refractivity contribution in [1.82, 2.24) is 15.4 Å². The minimum absolute atomic E-state index is 0.151. The molecule has 1 aromatic heterocycles. The molecule has 160 valence electrons. The summed E-state index contributed by atoms with van der Waals surface area (Å²) in [7, 11) is 1.58. The van der Waals surface area contributed by atoms with Crippen LogP contribution in [0.4, 0.5) is 0 Å². The molecule has 4 rings (SSSR count). The first kappa shape index (κ1) is 20.6. The molecular weight excluding hydrogens is 398 g/mol. The number of hydrogen-bond acceptors (Lipinski definition) is 6. The third kappa shape index (κ3) is 4.75. The molecule has 2 amide bonds. The monoisotopic (exact) mass is 421 g/mol. The summed E-state index contributed by atoms with van der Waals surface area (Å²) in [6.07, 6.45) is 0. The molecule has 1 N–H and O–H groups in total. The fraction of sp³-hybridized carbons (Fsp3) is 0.261. The summed E-state index contributed by atoms with van der Waals surface area (Å²) >= 11 is 0. The zero-order valence-corrected chi connectivity index (χ0v) is 17.1. The predicted molar refractivity (Wildman–Crippen MR) is 112 cm³/mol. The van der Waals surface area contributed by atoms with Gasteiger partial charge in [0.25, 0.3) is 11.8 Å². The van der Waals surface area contributed by atoms with E-state index in [0.29, 0.717) is 36.8 Å². The standard InChI is InChI=1S/C23H23N3O5/c1-29-18-9-7-17(8-10-18)23(28)26-11-12-30-15-20(26)21-13-19(25-31-21)22(27)24-14-16-5-3-2-4-6-16/h2-10,13,20H,11-12,14-15H2,1H3,(H,24,27). The number of morpholine rings is 1. The van der Waals surface area contributed by atoms with Gasteiger partial charge in [-0.15, -0.1) is 0 Å². The van der Waals surface area contributed by atoms with Gasteiger partial charge in [-0.2, -0.15) is 0 Å². The Morgan fingerprint density at radius 3 is 2.68 bits per heavy atom. The maximum atomic E-state index is 13.1. The molecule has 3 aromatic rings. The van der Waals surface area contributed by atoms with Gasteiger partial charge in [-0.25, -0.2) is 0 Å². The average molecular weight is 421 g/mol. The molecule has 0 aliphatic carbocycles. The van der Waals surface area contributed by atoms with Crippen LogP contribution < -0.4 is 10.1 Å². The quantitative estimate of drug-likeness (QED) is 0.658. The van der Waals surface area contributed by atoms with Crippen LogP contribution in [0, 0.1) is 0 Å². The Morgan fingerprint density at radius 1 is 1.16 bits per heavy atom. The second-order valence-corrected chi connectivity index (χ2v) is 7.10. The Balaban J connectivity index is 1.46. The SMILES string of the molecule is COc1ccc(C(=O)N2CCOCC2c2cc(C(=O)NCc3ccccc3)no2)cc1. The van der Waals surface area contributed by atoms with E-state index in [0.717, 1.165) is 5.56 Å². The summed E-state index contributed by atoms with van der Waals surface area (Å²) in [4.78, 5) is 27.2. The Bertz CT molecular complexity index is 1030. The lowest BCUT2D eigenvalue weighted by atomic mass is 10.1. The van der Waals surface area contributed by atoms with Crippen LogP contribution in [0.2, 0.25) is 0 Å². The van der Waals surface area contributed by atoms with Gasteiger partial charge in [0.1, 0.15) is 11.8 Å². The molecule has 31 heavy (non-hydrogen) atoms. The van der Waals surface area contributed by atoms with Crippen molar-refractivity contribution in [3.63, 3.8) is 0 Å². The zero-order chi connectivity index (χ0) is 21.6. The normalized spacial score (nSPS) is 16.0. The van der Waals surface area contributed by atoms with Gasteiger partial charge >= 0.3 is 0 Å². The number of nitrogens with zero attached hydrogens (tertiary/aromatic N) is 2. The number of benzene rings is 2. The zero-order valence-electron chi connectivity index (χ0n) is 17.1. The Labute approximate surface area is 179 Å². The first-order valence-electron chi connectivity index (χ1n) is 9.97.